The molecule has 0 saturated carbocycles. The molecule has 0 aliphatic heterocycles. The van der Waals surface area contributed by atoms with Gasteiger partial charge in [-0.3, -0.25) is 0 Å². The molecule has 1 rings (SSSR count). The monoisotopic (exact) mass is 228 g/mol. The van der Waals surface area contributed by atoms with Crippen LogP contribution >= 0.6 is 11.6 Å². The number of carboxylic acid groups (broad SMARTS) is 1. The molecule has 0 bridgehead atoms. The lowest BCUT2D eigenvalue weighted by Gasteiger charge is -2.06. The third kappa shape index (κ3) is 2.86. The topological polar surface area (TPSA) is 57.5 Å². The van der Waals surface area contributed by atoms with Gasteiger partial charge >= 0.3 is 5.97 Å². The molecule has 0 aliphatic carbocycles. The SMILES string of the molecule is CCCCc1cc(Cl)c(O)c(C(=O)O)c1. The largest absolute Gasteiger partial charge is 0.505 e. The zero-order chi connectivity index (χ0) is 11.4. The predicted molar refractivity (Wildman–Crippen MR) is 58.7 cm³/mol. The van der Waals surface area contributed by atoms with Crippen molar-refractivity contribution in [3.05, 3.63) is 28.3 Å². The summed E-state index contributed by atoms with van der Waals surface area (Å²) >= 11 is 5.73. The van der Waals surface area contributed by atoms with Gasteiger partial charge in [0.1, 0.15) is 11.3 Å². The molecular weight excluding hydrogens is 216 g/mol. The minimum absolute atomic E-state index is 0.0982. The minimum Gasteiger partial charge on any atom is -0.505 e. The predicted octanol–water partition coefficient (Wildman–Crippen LogP) is 3.09. The van der Waals surface area contributed by atoms with Crippen LogP contribution in [-0.4, -0.2) is 16.2 Å². The van der Waals surface area contributed by atoms with E-state index >= 15 is 0 Å². The second-order valence-electron chi connectivity index (χ2n) is 3.38. The first-order valence-corrected chi connectivity index (χ1v) is 5.18. The number of hydrogen-bond acceptors (Lipinski definition) is 2. The molecule has 4 heteroatoms. The van der Waals surface area contributed by atoms with Gasteiger partial charge in [0, 0.05) is 0 Å². The number of carboxylic acids is 1. The summed E-state index contributed by atoms with van der Waals surface area (Å²) in [5.74, 6) is -1.52. The van der Waals surface area contributed by atoms with Crippen LogP contribution < -0.4 is 0 Å². The summed E-state index contributed by atoms with van der Waals surface area (Å²) in [7, 11) is 0. The smallest absolute Gasteiger partial charge is 0.339 e. The van der Waals surface area contributed by atoms with Crippen LogP contribution in [0.3, 0.4) is 0 Å². The van der Waals surface area contributed by atoms with Crippen molar-refractivity contribution < 1.29 is 15.0 Å². The van der Waals surface area contributed by atoms with Crippen molar-refractivity contribution in [2.75, 3.05) is 0 Å². The highest BCUT2D eigenvalue weighted by molar-refractivity contribution is 6.32. The van der Waals surface area contributed by atoms with E-state index in [-0.39, 0.29) is 16.3 Å². The van der Waals surface area contributed by atoms with Crippen molar-refractivity contribution in [2.24, 2.45) is 0 Å². The number of aromatic carboxylic acids is 1. The summed E-state index contributed by atoms with van der Waals surface area (Å²) in [6.45, 7) is 2.06. The summed E-state index contributed by atoms with van der Waals surface area (Å²) < 4.78 is 0. The molecule has 0 unspecified atom stereocenters. The molecule has 0 fully saturated rings. The number of phenols is 1. The summed E-state index contributed by atoms with van der Waals surface area (Å²) in [5.41, 5.74) is 0.714. The van der Waals surface area contributed by atoms with E-state index < -0.39 is 5.97 Å². The molecule has 82 valence electrons. The standard InChI is InChI=1S/C11H13ClO3/c1-2-3-4-7-5-8(11(14)15)10(13)9(12)6-7/h5-6,13H,2-4H2,1H3,(H,14,15). The Morgan fingerprint density at radius 1 is 1.47 bits per heavy atom. The van der Waals surface area contributed by atoms with Crippen LogP contribution in [0.4, 0.5) is 0 Å². The first kappa shape index (κ1) is 11.9. The molecule has 0 amide bonds. The Morgan fingerprint density at radius 2 is 2.13 bits per heavy atom. The van der Waals surface area contributed by atoms with Gasteiger partial charge in [-0.15, -0.1) is 0 Å². The highest BCUT2D eigenvalue weighted by Crippen LogP contribution is 2.29. The lowest BCUT2D eigenvalue weighted by atomic mass is 10.0. The number of aryl methyl sites for hydroxylation is 1. The highest BCUT2D eigenvalue weighted by atomic mass is 35.5. The Hall–Kier alpha value is -1.22. The molecule has 0 heterocycles. The van der Waals surface area contributed by atoms with E-state index in [9.17, 15) is 9.90 Å². The summed E-state index contributed by atoms with van der Waals surface area (Å²) in [6.07, 6.45) is 2.78. The summed E-state index contributed by atoms with van der Waals surface area (Å²) in [5, 5.41) is 18.3. The van der Waals surface area contributed by atoms with Crippen LogP contribution in [0, 0.1) is 0 Å². The molecular formula is C11H13ClO3. The molecule has 1 aromatic carbocycles. The molecule has 0 radical (unpaired) electrons. The van der Waals surface area contributed by atoms with Crippen molar-refractivity contribution in [3.63, 3.8) is 0 Å². The van der Waals surface area contributed by atoms with Crippen molar-refractivity contribution in [3.8, 4) is 5.75 Å². The van der Waals surface area contributed by atoms with Gasteiger partial charge in [0.25, 0.3) is 0 Å². The minimum atomic E-state index is -1.16. The van der Waals surface area contributed by atoms with Gasteiger partial charge in [0.05, 0.1) is 5.02 Å². The second kappa shape index (κ2) is 5.03. The summed E-state index contributed by atoms with van der Waals surface area (Å²) in [6, 6.07) is 3.08. The number of carbonyl (C=O) groups is 1. The van der Waals surface area contributed by atoms with Gasteiger partial charge in [-0.1, -0.05) is 24.9 Å². The molecule has 0 saturated heterocycles. The Morgan fingerprint density at radius 3 is 2.67 bits per heavy atom. The van der Waals surface area contributed by atoms with E-state index in [0.29, 0.717) is 0 Å². The molecule has 2 N–H and O–H groups in total. The fourth-order valence-corrected chi connectivity index (χ4v) is 1.59. The third-order valence-corrected chi connectivity index (χ3v) is 2.46. The van der Waals surface area contributed by atoms with Crippen LogP contribution in [0.1, 0.15) is 35.7 Å². The van der Waals surface area contributed by atoms with Gasteiger partial charge in [-0.2, -0.15) is 0 Å². The normalized spacial score (nSPS) is 10.3. The maximum absolute atomic E-state index is 10.8. The Labute approximate surface area is 93.3 Å². The van der Waals surface area contributed by atoms with Gasteiger partial charge in [-0.25, -0.2) is 4.79 Å². The zero-order valence-corrected chi connectivity index (χ0v) is 9.21. The Balaban J connectivity index is 3.06. The van der Waals surface area contributed by atoms with Crippen LogP contribution in [0.25, 0.3) is 0 Å². The second-order valence-corrected chi connectivity index (χ2v) is 3.79. The van der Waals surface area contributed by atoms with E-state index in [1.807, 2.05) is 0 Å². The number of aromatic hydroxyl groups is 1. The summed E-state index contributed by atoms with van der Waals surface area (Å²) in [4.78, 5) is 10.8. The molecule has 0 atom stereocenters. The van der Waals surface area contributed by atoms with Gasteiger partial charge < -0.3 is 10.2 Å². The molecule has 15 heavy (non-hydrogen) atoms. The van der Waals surface area contributed by atoms with Crippen molar-refractivity contribution in [1.82, 2.24) is 0 Å². The van der Waals surface area contributed by atoms with E-state index in [1.54, 1.807) is 6.07 Å². The van der Waals surface area contributed by atoms with Crippen molar-refractivity contribution in [2.45, 2.75) is 26.2 Å². The molecule has 1 aromatic rings. The molecule has 3 nitrogen and oxygen atoms in total. The van der Waals surface area contributed by atoms with E-state index in [0.717, 1.165) is 24.8 Å². The van der Waals surface area contributed by atoms with Crippen LogP contribution in [0.15, 0.2) is 12.1 Å². The average molecular weight is 229 g/mol. The number of unbranched alkanes of at least 4 members (excludes halogenated alkanes) is 1. The molecule has 0 aromatic heterocycles. The number of halogens is 1. The Kier molecular flexibility index (Phi) is 3.97. The fourth-order valence-electron chi connectivity index (χ4n) is 1.34. The van der Waals surface area contributed by atoms with E-state index in [1.165, 1.54) is 6.07 Å². The number of benzene rings is 1. The van der Waals surface area contributed by atoms with Crippen LogP contribution in [0.5, 0.6) is 5.75 Å². The van der Waals surface area contributed by atoms with Crippen molar-refractivity contribution >= 4 is 17.6 Å². The van der Waals surface area contributed by atoms with Crippen LogP contribution in [0.2, 0.25) is 5.02 Å². The lowest BCUT2D eigenvalue weighted by molar-refractivity contribution is 0.0693. The van der Waals surface area contributed by atoms with Crippen LogP contribution in [-0.2, 0) is 6.42 Å². The maximum atomic E-state index is 10.8. The number of hydrogen-bond donors (Lipinski definition) is 2. The van der Waals surface area contributed by atoms with Gasteiger partial charge in [0.2, 0.25) is 0 Å². The van der Waals surface area contributed by atoms with Crippen molar-refractivity contribution in [1.29, 1.82) is 0 Å². The zero-order valence-electron chi connectivity index (χ0n) is 8.46. The van der Waals surface area contributed by atoms with Gasteiger partial charge in [0.15, 0.2) is 0 Å². The van der Waals surface area contributed by atoms with Gasteiger partial charge in [-0.05, 0) is 30.5 Å². The Bertz CT molecular complexity index is 374. The highest BCUT2D eigenvalue weighted by Gasteiger charge is 2.14. The fraction of sp³-hybridized carbons (Fsp3) is 0.364. The third-order valence-electron chi connectivity index (χ3n) is 2.17. The quantitative estimate of drug-likeness (QED) is 0.833. The first-order valence-electron chi connectivity index (χ1n) is 4.81. The van der Waals surface area contributed by atoms with E-state index in [2.05, 4.69) is 6.92 Å². The molecule has 0 aliphatic rings. The lowest BCUT2D eigenvalue weighted by Crippen LogP contribution is -1.99. The van der Waals surface area contributed by atoms with E-state index in [4.69, 9.17) is 16.7 Å². The maximum Gasteiger partial charge on any atom is 0.339 e. The average Bonchev–Trinajstić information content (AvgIpc) is 2.19. The molecule has 0 spiro atoms. The first-order chi connectivity index (χ1) is 7.06. The number of rotatable bonds is 4.